The molecule has 2 N–H and O–H groups in total. The van der Waals surface area contributed by atoms with Crippen molar-refractivity contribution < 1.29 is 19.4 Å². The highest BCUT2D eigenvalue weighted by Crippen LogP contribution is 2.22. The molecule has 1 heterocycles. The number of benzene rings is 1. The molecular weight excluding hydrogens is 275 g/mol. The van der Waals surface area contributed by atoms with Crippen molar-refractivity contribution in [1.29, 1.82) is 0 Å². The second kappa shape index (κ2) is 5.38. The van der Waals surface area contributed by atoms with Gasteiger partial charge in [0.05, 0.1) is 5.02 Å². The fourth-order valence-corrected chi connectivity index (χ4v) is 1.86. The Labute approximate surface area is 112 Å². The molecule has 0 spiro atoms. The van der Waals surface area contributed by atoms with Crippen molar-refractivity contribution in [1.82, 2.24) is 9.78 Å². The van der Waals surface area contributed by atoms with Crippen LogP contribution in [-0.2, 0) is 6.42 Å². The third-order valence-corrected chi connectivity index (χ3v) is 2.84. The van der Waals surface area contributed by atoms with E-state index in [1.54, 1.807) is 0 Å². The van der Waals surface area contributed by atoms with Crippen LogP contribution in [0.25, 0.3) is 5.69 Å². The minimum atomic E-state index is -1.23. The number of aromatic nitrogens is 2. The van der Waals surface area contributed by atoms with Crippen LogP contribution >= 0.6 is 11.6 Å². The van der Waals surface area contributed by atoms with Crippen molar-refractivity contribution in [3.05, 3.63) is 46.5 Å². The molecule has 0 bridgehead atoms. The average Bonchev–Trinajstić information content (AvgIpc) is 2.77. The van der Waals surface area contributed by atoms with Crippen LogP contribution in [0.15, 0.2) is 24.4 Å². The number of halogens is 2. The van der Waals surface area contributed by atoms with Gasteiger partial charge >= 0.3 is 5.97 Å². The molecule has 0 amide bonds. The van der Waals surface area contributed by atoms with E-state index in [-0.39, 0.29) is 29.4 Å². The van der Waals surface area contributed by atoms with Gasteiger partial charge in [-0.1, -0.05) is 17.7 Å². The number of aliphatic hydroxyl groups is 1. The highest BCUT2D eigenvalue weighted by molar-refractivity contribution is 6.30. The number of carboxylic acids is 1. The molecule has 0 unspecified atom stereocenters. The van der Waals surface area contributed by atoms with Crippen LogP contribution in [0.5, 0.6) is 0 Å². The maximum absolute atomic E-state index is 13.8. The molecule has 0 aliphatic carbocycles. The molecule has 0 saturated carbocycles. The fourth-order valence-electron chi connectivity index (χ4n) is 1.69. The smallest absolute Gasteiger partial charge is 0.356 e. The summed E-state index contributed by atoms with van der Waals surface area (Å²) in [6.07, 6.45) is 1.50. The van der Waals surface area contributed by atoms with Gasteiger partial charge in [-0.15, -0.1) is 0 Å². The molecule has 0 aliphatic rings. The molecule has 2 aromatic rings. The third kappa shape index (κ3) is 2.59. The summed E-state index contributed by atoms with van der Waals surface area (Å²) in [4.78, 5) is 11.0. The molecule has 0 saturated heterocycles. The summed E-state index contributed by atoms with van der Waals surface area (Å²) in [7, 11) is 0. The molecule has 1 aromatic carbocycles. The Kier molecular flexibility index (Phi) is 3.82. The molecule has 0 radical (unpaired) electrons. The summed E-state index contributed by atoms with van der Waals surface area (Å²) in [5.41, 5.74) is 0.169. The number of hydrogen-bond donors (Lipinski definition) is 2. The zero-order chi connectivity index (χ0) is 14.0. The Balaban J connectivity index is 2.54. The minimum absolute atomic E-state index is 0.0548. The van der Waals surface area contributed by atoms with E-state index in [0.717, 1.165) is 4.68 Å². The number of carbonyl (C=O) groups is 1. The molecule has 5 nitrogen and oxygen atoms in total. The summed E-state index contributed by atoms with van der Waals surface area (Å²) in [6.45, 7) is -0.218. The van der Waals surface area contributed by atoms with E-state index >= 15 is 0 Å². The van der Waals surface area contributed by atoms with Gasteiger partial charge in [0.25, 0.3) is 0 Å². The van der Waals surface area contributed by atoms with Crippen molar-refractivity contribution in [2.45, 2.75) is 6.42 Å². The number of rotatable bonds is 4. The zero-order valence-corrected chi connectivity index (χ0v) is 10.4. The maximum atomic E-state index is 13.8. The van der Waals surface area contributed by atoms with E-state index in [4.69, 9.17) is 21.8 Å². The number of nitrogens with zero attached hydrogens (tertiary/aromatic N) is 2. The molecule has 1 aromatic heterocycles. The second-order valence-electron chi connectivity index (χ2n) is 3.80. The summed E-state index contributed by atoms with van der Waals surface area (Å²) in [6, 6.07) is 4.35. The van der Waals surface area contributed by atoms with Crippen molar-refractivity contribution in [3.8, 4) is 5.69 Å². The molecule has 100 valence electrons. The van der Waals surface area contributed by atoms with Crippen LogP contribution in [0.4, 0.5) is 4.39 Å². The highest BCUT2D eigenvalue weighted by Gasteiger charge is 2.18. The molecule has 7 heteroatoms. The lowest BCUT2D eigenvalue weighted by molar-refractivity contribution is 0.0688. The minimum Gasteiger partial charge on any atom is -0.476 e. The first-order chi connectivity index (χ1) is 9.04. The monoisotopic (exact) mass is 284 g/mol. The lowest BCUT2D eigenvalue weighted by Gasteiger charge is -2.03. The Morgan fingerprint density at radius 3 is 2.84 bits per heavy atom. The standard InChI is InChI=1S/C12H10ClFN2O3/c13-8-2-1-3-9(10(8)14)16-6-7(4-5-17)11(15-16)12(18)19/h1-3,6,17H,4-5H2,(H,18,19). The number of carboxylic acid groups (broad SMARTS) is 1. The molecule has 19 heavy (non-hydrogen) atoms. The Morgan fingerprint density at radius 1 is 1.47 bits per heavy atom. The number of aliphatic hydroxyl groups excluding tert-OH is 1. The third-order valence-electron chi connectivity index (χ3n) is 2.55. The highest BCUT2D eigenvalue weighted by atomic mass is 35.5. The van der Waals surface area contributed by atoms with E-state index in [1.807, 2.05) is 0 Å². The lowest BCUT2D eigenvalue weighted by atomic mass is 10.2. The average molecular weight is 285 g/mol. The van der Waals surface area contributed by atoms with Crippen molar-refractivity contribution in [2.75, 3.05) is 6.61 Å². The van der Waals surface area contributed by atoms with E-state index in [0.29, 0.717) is 5.56 Å². The van der Waals surface area contributed by atoms with Gasteiger partial charge in [0, 0.05) is 18.4 Å². The zero-order valence-electron chi connectivity index (χ0n) is 9.68. The second-order valence-corrected chi connectivity index (χ2v) is 4.21. The first kappa shape index (κ1) is 13.5. The van der Waals surface area contributed by atoms with Crippen LogP contribution in [-0.4, -0.2) is 32.6 Å². The Bertz CT molecular complexity index is 627. The van der Waals surface area contributed by atoms with Crippen molar-refractivity contribution in [3.63, 3.8) is 0 Å². The van der Waals surface area contributed by atoms with E-state index in [9.17, 15) is 9.18 Å². The van der Waals surface area contributed by atoms with Crippen LogP contribution in [0.1, 0.15) is 16.1 Å². The number of hydrogen-bond acceptors (Lipinski definition) is 3. The topological polar surface area (TPSA) is 75.3 Å². The van der Waals surface area contributed by atoms with E-state index in [1.165, 1.54) is 24.4 Å². The predicted molar refractivity (Wildman–Crippen MR) is 66.3 cm³/mol. The quantitative estimate of drug-likeness (QED) is 0.899. The summed E-state index contributed by atoms with van der Waals surface area (Å²) < 4.78 is 14.9. The predicted octanol–water partition coefficient (Wildman–Crippen LogP) is 1.90. The van der Waals surface area contributed by atoms with Crippen LogP contribution in [0.2, 0.25) is 5.02 Å². The van der Waals surface area contributed by atoms with Crippen molar-refractivity contribution >= 4 is 17.6 Å². The first-order valence-electron chi connectivity index (χ1n) is 5.41. The molecule has 0 fully saturated rings. The van der Waals surface area contributed by atoms with E-state index < -0.39 is 11.8 Å². The number of aromatic carboxylic acids is 1. The van der Waals surface area contributed by atoms with Crippen LogP contribution in [0.3, 0.4) is 0 Å². The lowest BCUT2D eigenvalue weighted by Crippen LogP contribution is -2.04. The SMILES string of the molecule is O=C(O)c1nn(-c2cccc(Cl)c2F)cc1CCO. The fraction of sp³-hybridized carbons (Fsp3) is 0.167. The van der Waals surface area contributed by atoms with Gasteiger partial charge < -0.3 is 10.2 Å². The van der Waals surface area contributed by atoms with Crippen LogP contribution < -0.4 is 0 Å². The molecule has 0 atom stereocenters. The van der Waals surface area contributed by atoms with Gasteiger partial charge in [-0.3, -0.25) is 0 Å². The Hall–Kier alpha value is -1.92. The maximum Gasteiger partial charge on any atom is 0.356 e. The van der Waals surface area contributed by atoms with Gasteiger partial charge in [-0.2, -0.15) is 5.10 Å². The van der Waals surface area contributed by atoms with Gasteiger partial charge in [0.15, 0.2) is 11.5 Å². The largest absolute Gasteiger partial charge is 0.476 e. The Morgan fingerprint density at radius 2 is 2.21 bits per heavy atom. The molecule has 2 rings (SSSR count). The first-order valence-corrected chi connectivity index (χ1v) is 5.79. The van der Waals surface area contributed by atoms with Gasteiger partial charge in [-0.25, -0.2) is 13.9 Å². The summed E-state index contributed by atoms with van der Waals surface area (Å²) in [5.74, 6) is -1.91. The van der Waals surface area contributed by atoms with E-state index in [2.05, 4.69) is 5.10 Å². The van der Waals surface area contributed by atoms with Crippen molar-refractivity contribution in [2.24, 2.45) is 0 Å². The van der Waals surface area contributed by atoms with Gasteiger partial charge in [0.2, 0.25) is 0 Å². The van der Waals surface area contributed by atoms with Gasteiger partial charge in [-0.05, 0) is 18.6 Å². The molecular formula is C12H10ClFN2O3. The van der Waals surface area contributed by atoms with Gasteiger partial charge in [0.1, 0.15) is 5.69 Å². The van der Waals surface area contributed by atoms with Crippen LogP contribution in [0, 0.1) is 5.82 Å². The normalized spacial score (nSPS) is 10.7. The summed E-state index contributed by atoms with van der Waals surface area (Å²) in [5, 5.41) is 21.6. The summed E-state index contributed by atoms with van der Waals surface area (Å²) >= 11 is 5.66. The molecule has 0 aliphatic heterocycles.